The molecule has 1 saturated heterocycles. The highest BCUT2D eigenvalue weighted by Gasteiger charge is 2.34. The lowest BCUT2D eigenvalue weighted by Crippen LogP contribution is -2.38. The van der Waals surface area contributed by atoms with E-state index in [4.69, 9.17) is 0 Å². The lowest BCUT2D eigenvalue weighted by Gasteiger charge is -2.31. The molecule has 102 valence electrons. The highest BCUT2D eigenvalue weighted by atomic mass is 15.2. The number of rotatable bonds is 1. The molecular formula is C16H28N2. The monoisotopic (exact) mass is 248 g/mol. The maximum Gasteiger partial charge on any atom is 0.0672 e. The van der Waals surface area contributed by atoms with Crippen LogP contribution in [0.5, 0.6) is 0 Å². The van der Waals surface area contributed by atoms with E-state index in [1.54, 1.807) is 0 Å². The van der Waals surface area contributed by atoms with Gasteiger partial charge < -0.3 is 0 Å². The Hall–Kier alpha value is -0.550. The highest BCUT2D eigenvalue weighted by Crippen LogP contribution is 2.37. The molecule has 1 heterocycles. The molecule has 2 fully saturated rings. The third kappa shape index (κ3) is 3.06. The Labute approximate surface area is 112 Å². The zero-order valence-corrected chi connectivity index (χ0v) is 12.3. The Bertz CT molecular complexity index is 310. The first-order chi connectivity index (χ1) is 8.52. The van der Waals surface area contributed by atoms with Gasteiger partial charge in [-0.1, -0.05) is 27.2 Å². The molecule has 0 spiro atoms. The van der Waals surface area contributed by atoms with Gasteiger partial charge in [0.15, 0.2) is 0 Å². The minimum Gasteiger partial charge on any atom is -0.299 e. The number of hydrogen-bond donors (Lipinski definition) is 0. The lowest BCUT2D eigenvalue weighted by atomic mass is 9.77. The van der Waals surface area contributed by atoms with Gasteiger partial charge in [0.1, 0.15) is 0 Å². The third-order valence-electron chi connectivity index (χ3n) is 5.10. The molecule has 0 amide bonds. The van der Waals surface area contributed by atoms with Crippen LogP contribution >= 0.6 is 0 Å². The summed E-state index contributed by atoms with van der Waals surface area (Å²) in [5.41, 5.74) is 0.445. The van der Waals surface area contributed by atoms with E-state index in [0.717, 1.165) is 12.3 Å². The van der Waals surface area contributed by atoms with Crippen molar-refractivity contribution in [3.63, 3.8) is 0 Å². The first-order valence-corrected chi connectivity index (χ1v) is 7.66. The molecule has 18 heavy (non-hydrogen) atoms. The van der Waals surface area contributed by atoms with Crippen LogP contribution in [0.1, 0.15) is 59.3 Å². The SMILES string of the molecule is CC(C)(C)C1CCCN(C2CCCC2C#N)CC1. The number of nitrogens with zero attached hydrogens (tertiary/aromatic N) is 2. The van der Waals surface area contributed by atoms with Crippen molar-refractivity contribution in [3.8, 4) is 6.07 Å². The average Bonchev–Trinajstić information content (AvgIpc) is 2.63. The van der Waals surface area contributed by atoms with Crippen molar-refractivity contribution in [1.29, 1.82) is 5.26 Å². The zero-order valence-electron chi connectivity index (χ0n) is 12.3. The summed E-state index contributed by atoms with van der Waals surface area (Å²) < 4.78 is 0. The van der Waals surface area contributed by atoms with Gasteiger partial charge in [0.25, 0.3) is 0 Å². The van der Waals surface area contributed by atoms with E-state index in [2.05, 4.69) is 31.7 Å². The van der Waals surface area contributed by atoms with Gasteiger partial charge in [-0.05, 0) is 56.5 Å². The van der Waals surface area contributed by atoms with Crippen molar-refractivity contribution < 1.29 is 0 Å². The first kappa shape index (κ1) is 13.9. The molecule has 0 N–H and O–H groups in total. The van der Waals surface area contributed by atoms with Crippen molar-refractivity contribution >= 4 is 0 Å². The van der Waals surface area contributed by atoms with Crippen LogP contribution in [0.15, 0.2) is 0 Å². The summed E-state index contributed by atoms with van der Waals surface area (Å²) in [7, 11) is 0. The van der Waals surface area contributed by atoms with Crippen molar-refractivity contribution in [2.24, 2.45) is 17.3 Å². The first-order valence-electron chi connectivity index (χ1n) is 7.66. The van der Waals surface area contributed by atoms with Crippen LogP contribution in [0, 0.1) is 28.6 Å². The number of nitriles is 1. The summed E-state index contributed by atoms with van der Waals surface area (Å²) in [5, 5.41) is 9.24. The zero-order chi connectivity index (χ0) is 13.2. The molecule has 0 aromatic carbocycles. The molecule has 1 saturated carbocycles. The van der Waals surface area contributed by atoms with Gasteiger partial charge >= 0.3 is 0 Å². The molecule has 2 aliphatic rings. The van der Waals surface area contributed by atoms with Crippen LogP contribution in [0.25, 0.3) is 0 Å². The van der Waals surface area contributed by atoms with E-state index in [0.29, 0.717) is 17.4 Å². The molecule has 3 unspecified atom stereocenters. The lowest BCUT2D eigenvalue weighted by molar-refractivity contribution is 0.169. The average molecular weight is 248 g/mol. The molecule has 0 radical (unpaired) electrons. The number of hydrogen-bond acceptors (Lipinski definition) is 2. The van der Waals surface area contributed by atoms with E-state index >= 15 is 0 Å². The maximum atomic E-state index is 9.24. The van der Waals surface area contributed by atoms with Crippen LogP contribution in [-0.4, -0.2) is 24.0 Å². The minimum atomic E-state index is 0.302. The van der Waals surface area contributed by atoms with E-state index in [1.165, 1.54) is 45.2 Å². The molecule has 2 nitrogen and oxygen atoms in total. The van der Waals surface area contributed by atoms with Crippen molar-refractivity contribution in [3.05, 3.63) is 0 Å². The predicted molar refractivity (Wildman–Crippen MR) is 75.1 cm³/mol. The summed E-state index contributed by atoms with van der Waals surface area (Å²) in [6, 6.07) is 3.10. The smallest absolute Gasteiger partial charge is 0.0672 e. The standard InChI is InChI=1S/C16H28N2/c1-16(2,3)14-7-5-10-18(11-9-14)15-8-4-6-13(15)12-17/h13-15H,4-11H2,1-3H3. The van der Waals surface area contributed by atoms with Gasteiger partial charge in [0, 0.05) is 6.04 Å². The molecule has 2 rings (SSSR count). The Kier molecular flexibility index (Phi) is 4.33. The molecule has 1 aliphatic carbocycles. The van der Waals surface area contributed by atoms with Crippen LogP contribution < -0.4 is 0 Å². The molecule has 1 aliphatic heterocycles. The quantitative estimate of drug-likeness (QED) is 0.705. The molecular weight excluding hydrogens is 220 g/mol. The fraction of sp³-hybridized carbons (Fsp3) is 0.938. The largest absolute Gasteiger partial charge is 0.299 e. The Balaban J connectivity index is 1.95. The second kappa shape index (κ2) is 5.61. The van der Waals surface area contributed by atoms with Gasteiger partial charge in [-0.2, -0.15) is 5.26 Å². The van der Waals surface area contributed by atoms with Crippen LogP contribution in [-0.2, 0) is 0 Å². The van der Waals surface area contributed by atoms with Gasteiger partial charge in [0.05, 0.1) is 12.0 Å². The van der Waals surface area contributed by atoms with E-state index in [9.17, 15) is 5.26 Å². The normalized spacial score (nSPS) is 35.1. The summed E-state index contributed by atoms with van der Waals surface area (Å²) >= 11 is 0. The van der Waals surface area contributed by atoms with E-state index in [-0.39, 0.29) is 0 Å². The molecule has 0 aromatic heterocycles. The molecule has 0 bridgehead atoms. The van der Waals surface area contributed by atoms with Crippen LogP contribution in [0.2, 0.25) is 0 Å². The number of likely N-dealkylation sites (tertiary alicyclic amines) is 1. The summed E-state index contributed by atoms with van der Waals surface area (Å²) in [6.45, 7) is 9.56. The predicted octanol–water partition coefficient (Wildman–Crippen LogP) is 3.83. The summed E-state index contributed by atoms with van der Waals surface area (Å²) in [4.78, 5) is 2.63. The maximum absolute atomic E-state index is 9.24. The second-order valence-electron chi connectivity index (χ2n) is 7.26. The molecule has 2 heteroatoms. The topological polar surface area (TPSA) is 27.0 Å². The Morgan fingerprint density at radius 1 is 1.00 bits per heavy atom. The van der Waals surface area contributed by atoms with Gasteiger partial charge in [-0.15, -0.1) is 0 Å². The van der Waals surface area contributed by atoms with Gasteiger partial charge in [-0.25, -0.2) is 0 Å². The van der Waals surface area contributed by atoms with Gasteiger partial charge in [0.2, 0.25) is 0 Å². The van der Waals surface area contributed by atoms with Crippen LogP contribution in [0.4, 0.5) is 0 Å². The fourth-order valence-electron chi connectivity index (χ4n) is 3.84. The summed E-state index contributed by atoms with van der Waals surface area (Å²) in [6.07, 6.45) is 7.62. The van der Waals surface area contributed by atoms with Crippen molar-refractivity contribution in [1.82, 2.24) is 4.90 Å². The Morgan fingerprint density at radius 2 is 1.78 bits per heavy atom. The second-order valence-corrected chi connectivity index (χ2v) is 7.26. The van der Waals surface area contributed by atoms with Crippen molar-refractivity contribution in [2.75, 3.05) is 13.1 Å². The third-order valence-corrected chi connectivity index (χ3v) is 5.10. The van der Waals surface area contributed by atoms with E-state index < -0.39 is 0 Å². The summed E-state index contributed by atoms with van der Waals surface area (Å²) in [5.74, 6) is 1.15. The van der Waals surface area contributed by atoms with Gasteiger partial charge in [-0.3, -0.25) is 4.90 Å². The minimum absolute atomic E-state index is 0.302. The highest BCUT2D eigenvalue weighted by molar-refractivity contribution is 4.98. The molecule has 3 atom stereocenters. The van der Waals surface area contributed by atoms with Crippen molar-refractivity contribution in [2.45, 2.75) is 65.3 Å². The van der Waals surface area contributed by atoms with E-state index in [1.807, 2.05) is 0 Å². The molecule has 0 aromatic rings. The Morgan fingerprint density at radius 3 is 2.44 bits per heavy atom. The fourth-order valence-corrected chi connectivity index (χ4v) is 3.84. The van der Waals surface area contributed by atoms with Crippen LogP contribution in [0.3, 0.4) is 0 Å².